The fourth-order valence-corrected chi connectivity index (χ4v) is 19.9. The van der Waals surface area contributed by atoms with Crippen molar-refractivity contribution in [1.29, 1.82) is 0 Å². The Balaban J connectivity index is 0.725. The highest BCUT2D eigenvalue weighted by Crippen LogP contribution is 2.70. The van der Waals surface area contributed by atoms with Crippen molar-refractivity contribution >= 4 is 108 Å². The van der Waals surface area contributed by atoms with Crippen LogP contribution < -0.4 is 42.0 Å². The second-order valence-electron chi connectivity index (χ2n) is 34.8. The first-order valence-electron chi connectivity index (χ1n) is 44.2. The molecule has 3 aromatic heterocycles. The van der Waals surface area contributed by atoms with Crippen LogP contribution in [0.2, 0.25) is 0 Å². The number of unbranched alkanes of at least 4 members (excludes halogenated alkanes) is 1. The Morgan fingerprint density at radius 3 is 1.68 bits per heavy atom. The SMILES string of the molecule is C[C@@H]1C[C@H]2[C@@H]3CCC4=CC(=O)C=C[C@]4(C)[C@@]3(F)[C@@H](O)C[C@]2(C)[C@@]1(O)C(=O)NCCOCCOCC(=O)N(CCCCN)CC(=O)N(CC(=O)N(CCc1c[nH]c2ccccc12)CC(=O)N(CCc1c[nH]c2ccccc12)CC(=O)N(CCc1ccc(S(N)(=O)=O)cc1)CC(=O)N(CCc1c[nH]c2ccccc12)CC(=O)NCC(=O)N[C@@H](CO)C(N)=O)Cc1ccc2c(c1)OCO2. The maximum atomic E-state index is 17.9. The fraction of sp³-hybridized carbons (Fsp3) is 0.457. The number of allylic oxidation sites excluding steroid dienone is 4. The topological polar surface area (TPSA) is 500 Å². The van der Waals surface area contributed by atoms with E-state index in [0.717, 1.165) is 49.4 Å². The number of amides is 10. The van der Waals surface area contributed by atoms with Crippen LogP contribution >= 0.6 is 0 Å². The number of nitrogens with one attached hydrogen (secondary N) is 6. The Morgan fingerprint density at radius 1 is 0.618 bits per heavy atom. The third-order valence-electron chi connectivity index (χ3n) is 26.7. The van der Waals surface area contributed by atoms with Crippen LogP contribution in [0.3, 0.4) is 0 Å². The van der Waals surface area contributed by atoms with E-state index < -0.39 is 180 Å². The number of ether oxygens (including phenoxy) is 4. The number of ketones is 1. The summed E-state index contributed by atoms with van der Waals surface area (Å²) in [5.74, 6) is -8.90. The summed E-state index contributed by atoms with van der Waals surface area (Å²) in [5, 5.41) is 49.5. The van der Waals surface area contributed by atoms with E-state index in [9.17, 15) is 52.5 Å². The van der Waals surface area contributed by atoms with Crippen LogP contribution in [0, 0.1) is 28.6 Å². The molecule has 0 unspecified atom stereocenters. The molecule has 700 valence electrons. The molecular weight excluding hydrogens is 1710 g/mol. The number of sulfonamides is 1. The van der Waals surface area contributed by atoms with Crippen LogP contribution in [0.1, 0.15) is 87.1 Å². The minimum absolute atomic E-state index is 0.00642. The Labute approximate surface area is 757 Å². The number of nitrogens with zero attached hydrogens (tertiary/aromatic N) is 6. The summed E-state index contributed by atoms with van der Waals surface area (Å²) in [6.07, 6.45) is 10.4. The first kappa shape index (κ1) is 96.3. The number of aromatic amines is 3. The number of hydrogen-bond acceptors (Lipinski definition) is 21. The molecule has 8 aromatic rings. The van der Waals surface area contributed by atoms with Crippen molar-refractivity contribution < 1.29 is 99.8 Å². The number of primary amides is 1. The molecule has 0 radical (unpaired) electrons. The van der Waals surface area contributed by atoms with Crippen LogP contribution in [-0.2, 0) is 104 Å². The highest BCUT2D eigenvalue weighted by atomic mass is 32.2. The van der Waals surface area contributed by atoms with E-state index in [-0.39, 0.29) is 122 Å². The van der Waals surface area contributed by atoms with E-state index in [0.29, 0.717) is 60.3 Å². The van der Waals surface area contributed by atoms with Crippen molar-refractivity contribution in [3.8, 4) is 11.5 Å². The minimum atomic E-state index is -4.14. The zero-order chi connectivity index (χ0) is 93.5. The van der Waals surface area contributed by atoms with Gasteiger partial charge < -0.3 is 106 Å². The highest BCUT2D eigenvalue weighted by molar-refractivity contribution is 7.89. The van der Waals surface area contributed by atoms with Crippen LogP contribution in [0.15, 0.2) is 163 Å². The number of benzene rings is 5. The van der Waals surface area contributed by atoms with Crippen molar-refractivity contribution in [2.24, 2.45) is 45.2 Å². The van der Waals surface area contributed by atoms with Gasteiger partial charge in [-0.2, -0.15) is 0 Å². The molecule has 0 spiro atoms. The van der Waals surface area contributed by atoms with E-state index >= 15 is 28.4 Å². The van der Waals surface area contributed by atoms with E-state index in [1.807, 2.05) is 72.8 Å². The molecule has 37 heteroatoms. The third kappa shape index (κ3) is 22.0. The molecule has 0 bridgehead atoms. The molecule has 15 N–H and O–H groups in total. The zero-order valence-electron chi connectivity index (χ0n) is 73.7. The zero-order valence-corrected chi connectivity index (χ0v) is 74.5. The third-order valence-corrected chi connectivity index (χ3v) is 27.6. The van der Waals surface area contributed by atoms with Gasteiger partial charge in [-0.05, 0) is 172 Å². The summed E-state index contributed by atoms with van der Waals surface area (Å²) in [4.78, 5) is 175. The average Bonchev–Trinajstić information content (AvgIpc) is 1.55. The molecule has 9 atom stereocenters. The molecule has 1 aliphatic heterocycles. The number of hydrogen-bond donors (Lipinski definition) is 12. The average molecular weight is 1830 g/mol. The normalized spacial score (nSPS) is 20.8. The number of fused-ring (bicyclic) bond motifs is 9. The van der Waals surface area contributed by atoms with Gasteiger partial charge in [-0.1, -0.05) is 98.3 Å². The molecule has 3 saturated carbocycles. The van der Waals surface area contributed by atoms with Gasteiger partial charge in [-0.3, -0.25) is 52.7 Å². The number of primary sulfonamides is 1. The summed E-state index contributed by atoms with van der Waals surface area (Å²) < 4.78 is 65.8. The summed E-state index contributed by atoms with van der Waals surface area (Å²) in [6, 6.07) is 31.5. The van der Waals surface area contributed by atoms with Crippen molar-refractivity contribution in [2.75, 3.05) is 131 Å². The fourth-order valence-electron chi connectivity index (χ4n) is 19.3. The molecule has 0 saturated heterocycles. The number of H-pyrrole nitrogens is 3. The lowest BCUT2D eigenvalue weighted by Gasteiger charge is -2.62. The molecule has 4 aliphatic carbocycles. The Kier molecular flexibility index (Phi) is 31.1. The molecule has 3 fully saturated rings. The second-order valence-corrected chi connectivity index (χ2v) is 36.4. The largest absolute Gasteiger partial charge is 0.454 e. The molecule has 5 aromatic carbocycles. The summed E-state index contributed by atoms with van der Waals surface area (Å²) >= 11 is 0. The van der Waals surface area contributed by atoms with Crippen molar-refractivity contribution in [3.63, 3.8) is 0 Å². The first-order chi connectivity index (χ1) is 62.7. The van der Waals surface area contributed by atoms with Gasteiger partial charge in [0.2, 0.25) is 70.0 Å². The standard InChI is InChI=1S/C94H116FN15O20S/c1-60-42-73-72-24-21-66-44-67(112)26-31-91(66,2)93(72,95)80(113)45-92(73,3)94(60,124)90(123)99-33-39-127-40-41-128-58-88(121)105(34-11-10-32-96)55-87(120)110(50-62-20-25-78-79(43-62)130-59-129-78)56-86(119)109(38-30-65-48-102-76-17-9-6-14-71(65)76)54-85(118)108(37-29-64-47-101-75-16-8-5-13-70(64)75)53-84(117)107(35-27-61-18-22-68(23-19-61)131(98,125)126)52-83(116)106(36-28-63-46-100-74-15-7-4-12-69(63)74)51-82(115)103-49-81(114)104-77(57-111)89(97)122/h4-9,12-20,22-23,25-26,31,43-44,46-48,60,72-73,77,80,100-102,111,113,124H,10-11,21,24,27-30,32-42,45,49-59,96H2,1-3H3,(H2,97,122)(H,99,123)(H,103,115)(H,104,114)(H2,98,125,126)/t60-,72+,73+,77+,80+,91+,92+,93+,94+/m1/s1. The molecule has 4 heterocycles. The predicted octanol–water partition coefficient (Wildman–Crippen LogP) is 3.26. The summed E-state index contributed by atoms with van der Waals surface area (Å²) in [7, 11) is -4.14. The van der Waals surface area contributed by atoms with Gasteiger partial charge in [0.05, 0.1) is 76.7 Å². The Morgan fingerprint density at radius 2 is 1.13 bits per heavy atom. The van der Waals surface area contributed by atoms with Gasteiger partial charge in [0.15, 0.2) is 28.6 Å². The number of rotatable bonds is 45. The monoisotopic (exact) mass is 1830 g/mol. The Hall–Kier alpha value is -12.2. The smallest absolute Gasteiger partial charge is 0.252 e. The lowest BCUT2D eigenvalue weighted by molar-refractivity contribution is -0.219. The van der Waals surface area contributed by atoms with E-state index in [1.165, 1.54) is 65.8 Å². The number of aliphatic hydroxyl groups excluding tert-OH is 2. The number of para-hydroxylation sites is 3. The summed E-state index contributed by atoms with van der Waals surface area (Å²) in [5.41, 5.74) is 11.0. The maximum absolute atomic E-state index is 17.9. The van der Waals surface area contributed by atoms with Crippen LogP contribution in [-0.4, -0.2) is 288 Å². The van der Waals surface area contributed by atoms with Gasteiger partial charge in [0, 0.05) is 114 Å². The molecule has 131 heavy (non-hydrogen) atoms. The first-order valence-corrected chi connectivity index (χ1v) is 45.7. The van der Waals surface area contributed by atoms with Gasteiger partial charge in [-0.15, -0.1) is 0 Å². The van der Waals surface area contributed by atoms with Crippen LogP contribution in [0.5, 0.6) is 11.5 Å². The van der Waals surface area contributed by atoms with Crippen molar-refractivity contribution in [3.05, 3.63) is 185 Å². The summed E-state index contributed by atoms with van der Waals surface area (Å²) in [6.45, 7) is -1.66. The number of aromatic nitrogens is 3. The lowest BCUT2D eigenvalue weighted by Crippen LogP contribution is -2.70. The van der Waals surface area contributed by atoms with Crippen LogP contribution in [0.4, 0.5) is 4.39 Å². The molecule has 35 nitrogen and oxygen atoms in total. The van der Waals surface area contributed by atoms with E-state index in [1.54, 1.807) is 63.6 Å². The number of alkyl halides is 1. The predicted molar refractivity (Wildman–Crippen MR) is 480 cm³/mol. The van der Waals surface area contributed by atoms with E-state index in [4.69, 9.17) is 35.6 Å². The van der Waals surface area contributed by atoms with E-state index in [2.05, 4.69) is 30.9 Å². The number of halogens is 1. The molecular formula is C94H116FN15O20S. The highest BCUT2D eigenvalue weighted by Gasteiger charge is 2.76. The van der Waals surface area contributed by atoms with Gasteiger partial charge in [0.1, 0.15) is 19.2 Å². The lowest BCUT2D eigenvalue weighted by atomic mass is 9.44. The van der Waals surface area contributed by atoms with Crippen molar-refractivity contribution in [1.82, 2.24) is 60.3 Å². The Bertz CT molecular complexity index is 5720. The second kappa shape index (κ2) is 42.3. The minimum Gasteiger partial charge on any atom is -0.454 e. The number of carbonyl (C=O) groups excluding carboxylic acids is 11. The molecule has 5 aliphatic rings. The van der Waals surface area contributed by atoms with Gasteiger partial charge >= 0.3 is 0 Å². The molecule has 13 rings (SSSR count). The number of nitrogens with two attached hydrogens (primary N) is 3. The maximum Gasteiger partial charge on any atom is 0.252 e. The van der Waals surface area contributed by atoms with Crippen LogP contribution in [0.25, 0.3) is 32.7 Å². The quantitative estimate of drug-likeness (QED) is 0.0244. The molecule has 10 amide bonds. The number of carbonyl (C=O) groups is 11. The number of aliphatic hydroxyl groups is 3. The van der Waals surface area contributed by atoms with Gasteiger partial charge in [-0.25, -0.2) is 17.9 Å². The van der Waals surface area contributed by atoms with Crippen molar-refractivity contribution in [2.45, 2.75) is 120 Å². The van der Waals surface area contributed by atoms with Gasteiger partial charge in [0.25, 0.3) is 5.91 Å².